The molecular formula is C12H16N2O. The van der Waals surface area contributed by atoms with Gasteiger partial charge >= 0.3 is 6.03 Å². The van der Waals surface area contributed by atoms with E-state index in [2.05, 4.69) is 17.2 Å². The van der Waals surface area contributed by atoms with Crippen LogP contribution in [0.25, 0.3) is 0 Å². The Labute approximate surface area is 90.2 Å². The van der Waals surface area contributed by atoms with Crippen LogP contribution in [0.4, 0.5) is 4.79 Å². The minimum Gasteiger partial charge on any atom is -0.335 e. The molecule has 0 aliphatic rings. The second-order valence-electron chi connectivity index (χ2n) is 3.34. The molecule has 3 nitrogen and oxygen atoms in total. The fraction of sp³-hybridized carbons (Fsp3) is 0.250. The number of hydrogen-bond acceptors (Lipinski definition) is 1. The Morgan fingerprint density at radius 3 is 2.93 bits per heavy atom. The van der Waals surface area contributed by atoms with E-state index in [1.54, 1.807) is 6.08 Å². The van der Waals surface area contributed by atoms with Crippen molar-refractivity contribution in [1.29, 1.82) is 0 Å². The molecule has 0 fully saturated rings. The molecule has 1 aromatic carbocycles. The van der Waals surface area contributed by atoms with Gasteiger partial charge in [-0.05, 0) is 12.5 Å². The SMILES string of the molecule is C=CCNC(=O)NCc1cccc(C)c1. The molecule has 0 aliphatic heterocycles. The minimum atomic E-state index is -0.170. The Balaban J connectivity index is 2.36. The largest absolute Gasteiger partial charge is 0.335 e. The summed E-state index contributed by atoms with van der Waals surface area (Å²) in [6.07, 6.45) is 1.65. The normalized spacial score (nSPS) is 9.40. The monoisotopic (exact) mass is 204 g/mol. The average Bonchev–Trinajstić information content (AvgIpc) is 2.23. The number of amides is 2. The molecule has 0 saturated carbocycles. The average molecular weight is 204 g/mol. The van der Waals surface area contributed by atoms with Gasteiger partial charge in [-0.25, -0.2) is 4.79 Å². The van der Waals surface area contributed by atoms with E-state index in [0.29, 0.717) is 13.1 Å². The molecule has 0 heterocycles. The maximum absolute atomic E-state index is 11.2. The number of aryl methyl sites for hydroxylation is 1. The molecule has 0 aromatic heterocycles. The third-order valence-corrected chi connectivity index (χ3v) is 1.94. The number of hydrogen-bond donors (Lipinski definition) is 2. The lowest BCUT2D eigenvalue weighted by atomic mass is 10.1. The summed E-state index contributed by atoms with van der Waals surface area (Å²) >= 11 is 0. The second kappa shape index (κ2) is 5.86. The lowest BCUT2D eigenvalue weighted by Crippen LogP contribution is -2.34. The summed E-state index contributed by atoms with van der Waals surface area (Å²) in [5.41, 5.74) is 2.30. The van der Waals surface area contributed by atoms with Gasteiger partial charge in [0.05, 0.1) is 0 Å². The molecule has 1 rings (SSSR count). The van der Waals surface area contributed by atoms with Crippen molar-refractivity contribution in [2.45, 2.75) is 13.5 Å². The van der Waals surface area contributed by atoms with Crippen LogP contribution >= 0.6 is 0 Å². The minimum absolute atomic E-state index is 0.170. The first kappa shape index (κ1) is 11.3. The summed E-state index contributed by atoms with van der Waals surface area (Å²) in [5, 5.41) is 5.41. The molecule has 0 radical (unpaired) electrons. The van der Waals surface area contributed by atoms with E-state index in [0.717, 1.165) is 5.56 Å². The second-order valence-corrected chi connectivity index (χ2v) is 3.34. The molecule has 2 N–H and O–H groups in total. The van der Waals surface area contributed by atoms with E-state index in [9.17, 15) is 4.79 Å². The number of urea groups is 1. The number of carbonyl (C=O) groups is 1. The number of benzene rings is 1. The van der Waals surface area contributed by atoms with Crippen LogP contribution in [0.15, 0.2) is 36.9 Å². The van der Waals surface area contributed by atoms with Gasteiger partial charge in [0.15, 0.2) is 0 Å². The highest BCUT2D eigenvalue weighted by Crippen LogP contribution is 2.02. The Hall–Kier alpha value is -1.77. The molecule has 0 spiro atoms. The quantitative estimate of drug-likeness (QED) is 0.723. The van der Waals surface area contributed by atoms with Gasteiger partial charge in [-0.2, -0.15) is 0 Å². The zero-order chi connectivity index (χ0) is 11.1. The zero-order valence-corrected chi connectivity index (χ0v) is 8.92. The van der Waals surface area contributed by atoms with Crippen molar-refractivity contribution in [1.82, 2.24) is 10.6 Å². The topological polar surface area (TPSA) is 41.1 Å². The fourth-order valence-corrected chi connectivity index (χ4v) is 1.23. The first-order valence-electron chi connectivity index (χ1n) is 4.90. The molecule has 0 bridgehead atoms. The van der Waals surface area contributed by atoms with Crippen molar-refractivity contribution in [2.75, 3.05) is 6.54 Å². The van der Waals surface area contributed by atoms with Crippen molar-refractivity contribution in [3.63, 3.8) is 0 Å². The van der Waals surface area contributed by atoms with Gasteiger partial charge in [-0.15, -0.1) is 6.58 Å². The first-order chi connectivity index (χ1) is 7.22. The number of nitrogens with one attached hydrogen (secondary N) is 2. The smallest absolute Gasteiger partial charge is 0.315 e. The summed E-state index contributed by atoms with van der Waals surface area (Å²) in [4.78, 5) is 11.2. The fourth-order valence-electron chi connectivity index (χ4n) is 1.23. The van der Waals surface area contributed by atoms with Gasteiger partial charge in [0.2, 0.25) is 0 Å². The Morgan fingerprint density at radius 1 is 1.47 bits per heavy atom. The van der Waals surface area contributed by atoms with E-state index in [1.165, 1.54) is 5.56 Å². The van der Waals surface area contributed by atoms with Crippen LogP contribution in [0.2, 0.25) is 0 Å². The summed E-state index contributed by atoms with van der Waals surface area (Å²) < 4.78 is 0. The highest BCUT2D eigenvalue weighted by molar-refractivity contribution is 5.73. The van der Waals surface area contributed by atoms with Crippen LogP contribution < -0.4 is 10.6 Å². The van der Waals surface area contributed by atoms with Crippen LogP contribution in [0.3, 0.4) is 0 Å². The lowest BCUT2D eigenvalue weighted by Gasteiger charge is -2.06. The van der Waals surface area contributed by atoms with Crippen molar-refractivity contribution < 1.29 is 4.79 Å². The molecule has 2 amide bonds. The van der Waals surface area contributed by atoms with Crippen molar-refractivity contribution in [3.05, 3.63) is 48.0 Å². The van der Waals surface area contributed by atoms with Crippen LogP contribution in [0, 0.1) is 6.92 Å². The van der Waals surface area contributed by atoms with E-state index in [4.69, 9.17) is 0 Å². The zero-order valence-electron chi connectivity index (χ0n) is 8.92. The number of rotatable bonds is 4. The summed E-state index contributed by atoms with van der Waals surface area (Å²) in [6, 6.07) is 7.88. The van der Waals surface area contributed by atoms with Gasteiger partial charge in [0.1, 0.15) is 0 Å². The number of carbonyl (C=O) groups excluding carboxylic acids is 1. The standard InChI is InChI=1S/C12H16N2O/c1-3-7-13-12(15)14-9-11-6-4-5-10(2)8-11/h3-6,8H,1,7,9H2,2H3,(H2,13,14,15). The van der Waals surface area contributed by atoms with E-state index >= 15 is 0 Å². The summed E-state index contributed by atoms with van der Waals surface area (Å²) in [7, 11) is 0. The van der Waals surface area contributed by atoms with Crippen LogP contribution in [-0.2, 0) is 6.54 Å². The van der Waals surface area contributed by atoms with Crippen molar-refractivity contribution in [3.8, 4) is 0 Å². The van der Waals surface area contributed by atoms with Gasteiger partial charge in [0.25, 0.3) is 0 Å². The maximum atomic E-state index is 11.2. The van der Waals surface area contributed by atoms with Crippen molar-refractivity contribution >= 4 is 6.03 Å². The van der Waals surface area contributed by atoms with E-state index in [-0.39, 0.29) is 6.03 Å². The predicted molar refractivity (Wildman–Crippen MR) is 61.6 cm³/mol. The predicted octanol–water partition coefficient (Wildman–Crippen LogP) is 1.98. The first-order valence-corrected chi connectivity index (χ1v) is 4.90. The van der Waals surface area contributed by atoms with Gasteiger partial charge in [-0.1, -0.05) is 35.9 Å². The molecule has 3 heteroatoms. The Morgan fingerprint density at radius 2 is 2.27 bits per heavy atom. The molecule has 0 aliphatic carbocycles. The maximum Gasteiger partial charge on any atom is 0.315 e. The van der Waals surface area contributed by atoms with E-state index < -0.39 is 0 Å². The summed E-state index contributed by atoms with van der Waals surface area (Å²) in [6.45, 7) is 6.58. The molecule has 0 unspecified atom stereocenters. The van der Waals surface area contributed by atoms with Crippen LogP contribution in [0.5, 0.6) is 0 Å². The van der Waals surface area contributed by atoms with Gasteiger partial charge < -0.3 is 10.6 Å². The molecule has 0 atom stereocenters. The molecule has 15 heavy (non-hydrogen) atoms. The third kappa shape index (κ3) is 4.31. The van der Waals surface area contributed by atoms with Crippen LogP contribution in [0.1, 0.15) is 11.1 Å². The highest BCUT2D eigenvalue weighted by atomic mass is 16.2. The molecule has 0 saturated heterocycles. The van der Waals surface area contributed by atoms with Crippen molar-refractivity contribution in [2.24, 2.45) is 0 Å². The summed E-state index contributed by atoms with van der Waals surface area (Å²) in [5.74, 6) is 0. The Kier molecular flexibility index (Phi) is 4.41. The molecule has 1 aromatic rings. The Bertz CT molecular complexity index is 347. The van der Waals surface area contributed by atoms with Gasteiger partial charge in [0, 0.05) is 13.1 Å². The lowest BCUT2D eigenvalue weighted by molar-refractivity contribution is 0.241. The molecule has 80 valence electrons. The van der Waals surface area contributed by atoms with Gasteiger partial charge in [-0.3, -0.25) is 0 Å². The van der Waals surface area contributed by atoms with E-state index in [1.807, 2.05) is 31.2 Å². The highest BCUT2D eigenvalue weighted by Gasteiger charge is 1.98. The van der Waals surface area contributed by atoms with Crippen LogP contribution in [-0.4, -0.2) is 12.6 Å². The third-order valence-electron chi connectivity index (χ3n) is 1.94. The molecular weight excluding hydrogens is 188 g/mol.